The smallest absolute Gasteiger partial charge is 0.336 e. The van der Waals surface area contributed by atoms with Crippen molar-refractivity contribution in [3.8, 4) is 17.1 Å². The normalized spacial score (nSPS) is 21.2. The zero-order chi connectivity index (χ0) is 40.7. The Morgan fingerprint density at radius 3 is 2.27 bits per heavy atom. The molecule has 4 rings (SSSR count). The van der Waals surface area contributed by atoms with Crippen LogP contribution < -0.4 is 15.6 Å². The second-order valence-electron chi connectivity index (χ2n) is 9.37. The number of aryl methyl sites for hydroxylation is 2. The lowest BCUT2D eigenvalue weighted by molar-refractivity contribution is -0.170. The minimum absolute atomic E-state index is 0.0319. The molecular weight excluding hydrogens is 616 g/mol. The summed E-state index contributed by atoms with van der Waals surface area (Å²) in [5, 5.41) is 39.8. The summed E-state index contributed by atoms with van der Waals surface area (Å²) in [7, 11) is -3.69. The molecule has 246 valence electrons. The van der Waals surface area contributed by atoms with E-state index in [0.29, 0.717) is 18.5 Å². The lowest BCUT2D eigenvalue weighted by atomic mass is 9.96. The highest BCUT2D eigenvalue weighted by atomic mass is 32.2. The molecule has 1 aromatic carbocycles. The predicted molar refractivity (Wildman–Crippen MR) is 158 cm³/mol. The van der Waals surface area contributed by atoms with Crippen LogP contribution in [0.15, 0.2) is 27.9 Å². The van der Waals surface area contributed by atoms with Crippen molar-refractivity contribution >= 4 is 39.0 Å². The second kappa shape index (κ2) is 14.6. The molecule has 2 aromatic heterocycles. The molecule has 0 atom stereocenters. The largest absolute Gasteiger partial charge is 0.493 e. The number of benzene rings is 1. The number of aromatic nitrogens is 4. The number of H-pyrrole nitrogens is 1. The van der Waals surface area contributed by atoms with Crippen molar-refractivity contribution < 1.29 is 58.9 Å². The Morgan fingerprint density at radius 2 is 1.73 bits per heavy atom. The molecule has 18 heteroatoms. The van der Waals surface area contributed by atoms with E-state index < -0.39 is 87.1 Å². The number of nitrogens with one attached hydrogen (secondary N) is 2. The number of carbonyl (C=O) groups is 3. The molecule has 0 unspecified atom stereocenters. The Labute approximate surface area is 268 Å². The lowest BCUT2D eigenvalue weighted by Crippen LogP contribution is -2.46. The monoisotopic (exact) mass is 660 g/mol. The fourth-order valence-corrected chi connectivity index (χ4v) is 5.12. The number of aliphatic carboxylic acids is 3. The molecule has 0 aliphatic carbocycles. The van der Waals surface area contributed by atoms with Crippen LogP contribution in [0.5, 0.6) is 5.75 Å². The van der Waals surface area contributed by atoms with E-state index in [4.69, 9.17) is 36.1 Å². The number of nitrogens with zero attached hydrogens (tertiary/aromatic N) is 4. The van der Waals surface area contributed by atoms with Crippen molar-refractivity contribution in [2.75, 3.05) is 32.6 Å². The van der Waals surface area contributed by atoms with Crippen molar-refractivity contribution in [2.45, 2.75) is 50.0 Å². The second-order valence-corrected chi connectivity index (χ2v) is 11.2. The Balaban J connectivity index is 0.000000496. The average Bonchev–Trinajstić information content (AvgIpc) is 3.30. The minimum Gasteiger partial charge on any atom is -0.493 e. The molecule has 45 heavy (non-hydrogen) atoms. The molecule has 1 saturated heterocycles. The van der Waals surface area contributed by atoms with E-state index in [1.807, 2.05) is 6.92 Å². The van der Waals surface area contributed by atoms with Gasteiger partial charge < -0.3 is 35.5 Å². The Kier molecular flexibility index (Phi) is 8.07. The number of hydrogen-bond acceptors (Lipinski definition) is 11. The van der Waals surface area contributed by atoms with Gasteiger partial charge in [-0.1, -0.05) is 13.3 Å². The number of ether oxygens (including phenoxy) is 1. The summed E-state index contributed by atoms with van der Waals surface area (Å²) in [4.78, 5) is 49.9. The summed E-state index contributed by atoms with van der Waals surface area (Å²) in [5.74, 6) is -5.02. The van der Waals surface area contributed by atoms with Gasteiger partial charge in [-0.3, -0.25) is 19.1 Å². The summed E-state index contributed by atoms with van der Waals surface area (Å²) >= 11 is 0. The van der Waals surface area contributed by atoms with Gasteiger partial charge in [-0.15, -0.1) is 0 Å². The molecule has 1 aliphatic rings. The van der Waals surface area contributed by atoms with Crippen LogP contribution in [0.4, 0.5) is 0 Å². The fourth-order valence-electron chi connectivity index (χ4n) is 4.07. The van der Waals surface area contributed by atoms with Gasteiger partial charge in [0.2, 0.25) is 10.0 Å². The number of rotatable bonds is 12. The van der Waals surface area contributed by atoms with Crippen molar-refractivity contribution in [3.63, 3.8) is 0 Å². The zero-order valence-electron chi connectivity index (χ0n) is 32.1. The molecule has 0 amide bonds. The Hall–Kier alpha value is -4.39. The van der Waals surface area contributed by atoms with Crippen LogP contribution in [0.25, 0.3) is 22.4 Å². The molecule has 0 spiro atoms. The van der Waals surface area contributed by atoms with E-state index in [9.17, 15) is 27.6 Å². The third kappa shape index (κ3) is 8.21. The number of aromatic amines is 1. The summed E-state index contributed by atoms with van der Waals surface area (Å²) in [6.07, 6.45) is -1.07. The fraction of sp³-hybridized carbons (Fsp3) is 0.481. The van der Waals surface area contributed by atoms with Gasteiger partial charge in [0.15, 0.2) is 11.1 Å². The summed E-state index contributed by atoms with van der Waals surface area (Å²) < 4.78 is 98.8. The molecular formula is C27H36N6O11S. The highest BCUT2D eigenvalue weighted by Gasteiger charge is 2.40. The first-order valence-electron chi connectivity index (χ1n) is 17.1. The predicted octanol–water partition coefficient (Wildman–Crippen LogP) is 0.0202. The summed E-state index contributed by atoms with van der Waals surface area (Å²) in [5.41, 5.74) is -2.31. The van der Waals surface area contributed by atoms with Crippen molar-refractivity contribution in [1.29, 1.82) is 0 Å². The van der Waals surface area contributed by atoms with Crippen LogP contribution in [-0.2, 0) is 37.9 Å². The van der Waals surface area contributed by atoms with E-state index in [1.54, 1.807) is 19.3 Å². The molecule has 3 aromatic rings. The van der Waals surface area contributed by atoms with Crippen molar-refractivity contribution in [1.82, 2.24) is 29.4 Å². The van der Waals surface area contributed by atoms with Crippen LogP contribution in [0.2, 0.25) is 0 Å². The van der Waals surface area contributed by atoms with Crippen molar-refractivity contribution in [2.24, 2.45) is 7.05 Å². The van der Waals surface area contributed by atoms with E-state index in [0.717, 1.165) is 12.1 Å². The molecule has 1 fully saturated rings. The first kappa shape index (κ1) is 24.9. The molecule has 0 bridgehead atoms. The van der Waals surface area contributed by atoms with Gasteiger partial charge in [-0.05, 0) is 31.5 Å². The van der Waals surface area contributed by atoms with Gasteiger partial charge in [0.1, 0.15) is 17.1 Å². The van der Waals surface area contributed by atoms with Crippen LogP contribution in [0, 0.1) is 0 Å². The number of piperazine rings is 1. The topological polar surface area (TPSA) is 254 Å². The van der Waals surface area contributed by atoms with Crippen LogP contribution in [0.1, 0.15) is 49.8 Å². The highest BCUT2D eigenvalue weighted by Crippen LogP contribution is 2.32. The molecule has 1 aliphatic heterocycles. The number of aliphatic hydroxyl groups is 1. The maximum atomic E-state index is 13.8. The van der Waals surface area contributed by atoms with E-state index in [2.05, 4.69) is 15.1 Å². The number of sulfonamides is 1. The SMILES string of the molecule is O=C(O)CC(O)(CC(=O)O)C(=O)O.[2H]C1([2H])NC([2H])([2H])C([2H])([2H])N(S(=O)(=O)c2ccc(OCC)c(-c3nc4c(CCC)nn(C)c4c(=O)[nH]3)c2)C1([2H])[2H]. The zero-order valence-corrected chi connectivity index (χ0v) is 24.9. The Bertz CT molecular complexity index is 2050. The average molecular weight is 661 g/mol. The number of fused-ring (bicyclic) bond motifs is 1. The third-order valence-corrected chi connectivity index (χ3v) is 7.53. The summed E-state index contributed by atoms with van der Waals surface area (Å²) in [6.45, 7) is -10.1. The lowest BCUT2D eigenvalue weighted by Gasteiger charge is -2.26. The summed E-state index contributed by atoms with van der Waals surface area (Å²) in [6, 6.07) is 3.19. The third-order valence-electron chi connectivity index (χ3n) is 6.02. The molecule has 17 nitrogen and oxygen atoms in total. The van der Waals surface area contributed by atoms with Gasteiger partial charge in [0.25, 0.3) is 5.56 Å². The first-order valence-corrected chi connectivity index (χ1v) is 14.5. The highest BCUT2D eigenvalue weighted by molar-refractivity contribution is 7.89. The number of carboxylic acid groups (broad SMARTS) is 3. The van der Waals surface area contributed by atoms with Crippen molar-refractivity contribution in [3.05, 3.63) is 34.2 Å². The van der Waals surface area contributed by atoms with E-state index in [-0.39, 0.29) is 34.8 Å². The van der Waals surface area contributed by atoms with Crippen LogP contribution >= 0.6 is 0 Å². The molecule has 3 heterocycles. The van der Waals surface area contributed by atoms with E-state index >= 15 is 0 Å². The molecule has 0 radical (unpaired) electrons. The maximum absolute atomic E-state index is 13.8. The van der Waals surface area contributed by atoms with Gasteiger partial charge in [0.05, 0.1) is 35.6 Å². The quantitative estimate of drug-likeness (QED) is 0.150. The minimum atomic E-state index is -5.28. The van der Waals surface area contributed by atoms with Gasteiger partial charge in [-0.2, -0.15) is 9.40 Å². The number of hydrogen-bond donors (Lipinski definition) is 6. The van der Waals surface area contributed by atoms with Crippen LogP contribution in [-0.4, -0.2) is 109 Å². The van der Waals surface area contributed by atoms with Crippen LogP contribution in [0.3, 0.4) is 0 Å². The van der Waals surface area contributed by atoms with Gasteiger partial charge in [0, 0.05) is 44.0 Å². The maximum Gasteiger partial charge on any atom is 0.336 e. The Morgan fingerprint density at radius 1 is 1.11 bits per heavy atom. The number of carboxylic acids is 3. The van der Waals surface area contributed by atoms with Gasteiger partial charge in [-0.25, -0.2) is 18.2 Å². The first-order chi connectivity index (χ1) is 24.1. The molecule has 0 saturated carbocycles. The van der Waals surface area contributed by atoms with Gasteiger partial charge >= 0.3 is 17.9 Å². The van der Waals surface area contributed by atoms with E-state index in [1.165, 1.54) is 10.7 Å². The standard InChI is InChI=1S/C21H28N6O4S.C6H8O7/c1-4-6-16-18-19(26(3)25-16)21(28)24-20(23-18)15-13-14(7-8-17(15)31-5-2)32(29,30)27-11-9-22-10-12-27;7-3(8)1-6(13,5(11)12)2-4(9)10/h7-8,13,22H,4-6,9-12H2,1-3H3,(H,23,24,28);13H,1-2H2,(H,7,8)(H,9,10)(H,11,12)/i9D2,10D2,11D2,12D2;. The molecule has 6 N–H and O–H groups in total.